The normalized spacial score (nSPS) is 34.6. The van der Waals surface area contributed by atoms with Crippen LogP contribution in [0.4, 0.5) is 0 Å². The number of hydrogen-bond donors (Lipinski definition) is 3. The van der Waals surface area contributed by atoms with Gasteiger partial charge < -0.3 is 20.5 Å². The zero-order valence-corrected chi connectivity index (χ0v) is 21.0. The third kappa shape index (κ3) is 5.42. The van der Waals surface area contributed by atoms with Crippen molar-refractivity contribution in [2.24, 2.45) is 29.1 Å². The predicted molar refractivity (Wildman–Crippen MR) is 132 cm³/mol. The molecule has 6 nitrogen and oxygen atoms in total. The Morgan fingerprint density at radius 3 is 2.47 bits per heavy atom. The number of para-hydroxylation sites is 1. The van der Waals surface area contributed by atoms with Gasteiger partial charge in [-0.15, -0.1) is 0 Å². The van der Waals surface area contributed by atoms with Gasteiger partial charge in [-0.3, -0.25) is 9.59 Å². The van der Waals surface area contributed by atoms with Gasteiger partial charge in [0.05, 0.1) is 6.10 Å². The van der Waals surface area contributed by atoms with Gasteiger partial charge in [-0.25, -0.2) is 0 Å². The van der Waals surface area contributed by atoms with E-state index in [1.165, 1.54) is 12.8 Å². The highest BCUT2D eigenvalue weighted by Crippen LogP contribution is 2.55. The maximum absolute atomic E-state index is 13.0. The lowest BCUT2D eigenvalue weighted by Crippen LogP contribution is -2.59. The molecule has 3 aliphatic rings. The van der Waals surface area contributed by atoms with Crippen LogP contribution < -0.4 is 15.4 Å². The third-order valence-electron chi connectivity index (χ3n) is 9.10. The van der Waals surface area contributed by atoms with Crippen molar-refractivity contribution in [1.29, 1.82) is 0 Å². The van der Waals surface area contributed by atoms with Crippen molar-refractivity contribution in [3.05, 3.63) is 30.3 Å². The average molecular weight is 471 g/mol. The van der Waals surface area contributed by atoms with Gasteiger partial charge in [0.1, 0.15) is 5.75 Å². The predicted octanol–water partition coefficient (Wildman–Crippen LogP) is 4.07. The van der Waals surface area contributed by atoms with Crippen molar-refractivity contribution in [3.63, 3.8) is 0 Å². The van der Waals surface area contributed by atoms with E-state index in [0.29, 0.717) is 11.8 Å². The number of amides is 2. The van der Waals surface area contributed by atoms with E-state index in [2.05, 4.69) is 24.5 Å². The number of ether oxygens (including phenoxy) is 1. The lowest BCUT2D eigenvalue weighted by molar-refractivity contribution is -0.144. The summed E-state index contributed by atoms with van der Waals surface area (Å²) in [6.07, 6.45) is 7.74. The fourth-order valence-electron chi connectivity index (χ4n) is 7.01. The second kappa shape index (κ2) is 10.7. The molecule has 0 radical (unpaired) electrons. The molecule has 3 aliphatic carbocycles. The number of fused-ring (bicyclic) bond motifs is 1. The summed E-state index contributed by atoms with van der Waals surface area (Å²) in [6, 6.07) is 9.65. The van der Waals surface area contributed by atoms with Crippen molar-refractivity contribution in [1.82, 2.24) is 10.6 Å². The van der Waals surface area contributed by atoms with Crippen LogP contribution in [0, 0.1) is 29.1 Å². The smallest absolute Gasteiger partial charge is 0.258 e. The lowest BCUT2D eigenvalue weighted by atomic mass is 9.51. The minimum absolute atomic E-state index is 0.000898. The highest BCUT2D eigenvalue weighted by molar-refractivity contribution is 5.79. The van der Waals surface area contributed by atoms with E-state index in [1.807, 2.05) is 37.3 Å². The lowest BCUT2D eigenvalue weighted by Gasteiger charge is -2.56. The maximum Gasteiger partial charge on any atom is 0.258 e. The molecule has 1 aromatic carbocycles. The molecule has 2 amide bonds. The van der Waals surface area contributed by atoms with E-state index in [1.54, 1.807) is 0 Å². The highest BCUT2D eigenvalue weighted by atomic mass is 16.5. The van der Waals surface area contributed by atoms with Crippen LogP contribution in [0.15, 0.2) is 30.3 Å². The number of aliphatic hydroxyl groups is 1. The van der Waals surface area contributed by atoms with E-state index in [9.17, 15) is 14.7 Å². The van der Waals surface area contributed by atoms with E-state index in [-0.39, 0.29) is 53.5 Å². The first kappa shape index (κ1) is 25.0. The molecule has 7 atom stereocenters. The molecule has 3 fully saturated rings. The molecule has 0 spiro atoms. The Labute approximate surface area is 204 Å². The van der Waals surface area contributed by atoms with Gasteiger partial charge in [-0.2, -0.15) is 0 Å². The topological polar surface area (TPSA) is 87.7 Å². The van der Waals surface area contributed by atoms with Gasteiger partial charge in [-0.05, 0) is 73.8 Å². The van der Waals surface area contributed by atoms with Crippen LogP contribution in [0.5, 0.6) is 5.75 Å². The molecule has 0 aliphatic heterocycles. The van der Waals surface area contributed by atoms with Gasteiger partial charge in [0.2, 0.25) is 5.91 Å². The summed E-state index contributed by atoms with van der Waals surface area (Å²) in [5, 5.41) is 18.0. The first-order valence-electron chi connectivity index (χ1n) is 13.2. The summed E-state index contributed by atoms with van der Waals surface area (Å²) in [4.78, 5) is 25.6. The van der Waals surface area contributed by atoms with Crippen molar-refractivity contribution in [2.45, 2.75) is 90.3 Å². The Kier molecular flexibility index (Phi) is 7.86. The average Bonchev–Trinajstić information content (AvgIpc) is 3.33. The summed E-state index contributed by atoms with van der Waals surface area (Å²) in [6.45, 7) is 6.40. The van der Waals surface area contributed by atoms with Crippen LogP contribution in [-0.2, 0) is 9.59 Å². The van der Waals surface area contributed by atoms with Gasteiger partial charge in [0, 0.05) is 18.0 Å². The molecular weight excluding hydrogens is 428 g/mol. The second-order valence-corrected chi connectivity index (χ2v) is 11.3. The second-order valence-electron chi connectivity index (χ2n) is 11.3. The van der Waals surface area contributed by atoms with Crippen LogP contribution in [-0.4, -0.2) is 41.7 Å². The summed E-state index contributed by atoms with van der Waals surface area (Å²) in [7, 11) is 0. The van der Waals surface area contributed by atoms with E-state index < -0.39 is 6.10 Å². The number of carbonyl (C=O) groups excluding carboxylic acids is 2. The van der Waals surface area contributed by atoms with Gasteiger partial charge in [-0.1, -0.05) is 51.8 Å². The zero-order valence-electron chi connectivity index (χ0n) is 21.0. The fraction of sp³-hybridized carbons (Fsp3) is 0.714. The molecule has 3 N–H and O–H groups in total. The largest absolute Gasteiger partial charge is 0.484 e. The molecule has 0 bridgehead atoms. The summed E-state index contributed by atoms with van der Waals surface area (Å²) in [5.74, 6) is 0.572. The number of hydrogen-bond acceptors (Lipinski definition) is 4. The van der Waals surface area contributed by atoms with Crippen LogP contribution in [0.2, 0.25) is 0 Å². The molecule has 6 heteroatoms. The Balaban J connectivity index is 1.37. The quantitative estimate of drug-likeness (QED) is 0.561. The van der Waals surface area contributed by atoms with Crippen LogP contribution in [0.3, 0.4) is 0 Å². The Morgan fingerprint density at radius 2 is 1.76 bits per heavy atom. The number of rotatable bonds is 7. The van der Waals surface area contributed by atoms with E-state index >= 15 is 0 Å². The Morgan fingerprint density at radius 1 is 1.09 bits per heavy atom. The maximum atomic E-state index is 13.0. The van der Waals surface area contributed by atoms with Crippen molar-refractivity contribution in [3.8, 4) is 5.75 Å². The van der Waals surface area contributed by atoms with E-state index in [0.717, 1.165) is 38.5 Å². The van der Waals surface area contributed by atoms with Crippen LogP contribution in [0.25, 0.3) is 0 Å². The molecule has 0 heterocycles. The van der Waals surface area contributed by atoms with Gasteiger partial charge >= 0.3 is 0 Å². The summed E-state index contributed by atoms with van der Waals surface area (Å²) in [5.41, 5.74) is 0.0404. The SMILES string of the molecule is C[C@@H]1[C@@H]2[C@@H](O)[C@@H]([C@H](C)C(=O)NC3CCCC3)CC[C@]2(C)CC[C@@H]1NC(=O)COc1ccccc1. The number of benzene rings is 1. The molecule has 3 saturated carbocycles. The summed E-state index contributed by atoms with van der Waals surface area (Å²) < 4.78 is 5.62. The van der Waals surface area contributed by atoms with Gasteiger partial charge in [0.25, 0.3) is 5.91 Å². The molecular formula is C28H42N2O4. The van der Waals surface area contributed by atoms with Crippen LogP contribution in [0.1, 0.15) is 72.1 Å². The molecule has 4 rings (SSSR count). The first-order valence-corrected chi connectivity index (χ1v) is 13.2. The zero-order chi connectivity index (χ0) is 24.3. The Hall–Kier alpha value is -2.08. The minimum Gasteiger partial charge on any atom is -0.484 e. The molecule has 188 valence electrons. The van der Waals surface area contributed by atoms with E-state index in [4.69, 9.17) is 4.74 Å². The fourth-order valence-corrected chi connectivity index (χ4v) is 7.01. The number of carbonyl (C=O) groups is 2. The minimum atomic E-state index is -0.543. The number of nitrogens with one attached hydrogen (secondary N) is 2. The summed E-state index contributed by atoms with van der Waals surface area (Å²) >= 11 is 0. The van der Waals surface area contributed by atoms with Gasteiger partial charge in [0.15, 0.2) is 6.61 Å². The molecule has 34 heavy (non-hydrogen) atoms. The molecule has 0 saturated heterocycles. The molecule has 1 aromatic rings. The third-order valence-corrected chi connectivity index (χ3v) is 9.10. The highest BCUT2D eigenvalue weighted by Gasteiger charge is 2.53. The Bertz CT molecular complexity index is 840. The molecule has 0 unspecified atom stereocenters. The van der Waals surface area contributed by atoms with Crippen molar-refractivity contribution < 1.29 is 19.4 Å². The molecule has 0 aromatic heterocycles. The number of aliphatic hydroxyl groups excluding tert-OH is 1. The monoisotopic (exact) mass is 470 g/mol. The van der Waals surface area contributed by atoms with Crippen molar-refractivity contribution in [2.75, 3.05) is 6.61 Å². The standard InChI is InChI=1S/C28H42N2O4/c1-18(27(33)29-20-9-7-8-10-20)22-13-15-28(3)16-14-23(19(2)25(28)26(22)32)30-24(31)17-34-21-11-5-4-6-12-21/h4-6,11-12,18-20,22-23,25-26,32H,7-10,13-17H2,1-3H3,(H,29,33)(H,30,31)/t18-,19-,22+,23-,25+,26-,28+/m0/s1. The van der Waals surface area contributed by atoms with Crippen molar-refractivity contribution >= 4 is 11.8 Å². The first-order chi connectivity index (χ1) is 16.3. The van der Waals surface area contributed by atoms with Crippen LogP contribution >= 0.6 is 0 Å².